The van der Waals surface area contributed by atoms with Gasteiger partial charge in [0, 0.05) is 5.41 Å². The van der Waals surface area contributed by atoms with Crippen LogP contribution in [0.3, 0.4) is 0 Å². The summed E-state index contributed by atoms with van der Waals surface area (Å²) in [5.74, 6) is -0.665. The van der Waals surface area contributed by atoms with Crippen molar-refractivity contribution in [2.45, 2.75) is 102 Å². The minimum absolute atomic E-state index is 0.111. The number of aliphatic hydroxyl groups is 1. The third-order valence-corrected chi connectivity index (χ3v) is 6.39. The minimum Gasteiger partial charge on any atom is -0.481 e. The Balaban J connectivity index is 1.39. The number of rotatable bonds is 17. The van der Waals surface area contributed by atoms with Crippen LogP contribution in [-0.4, -0.2) is 35.4 Å². The first-order valence-corrected chi connectivity index (χ1v) is 10.4. The Bertz CT molecular complexity index is 440. The highest BCUT2D eigenvalue weighted by molar-refractivity contribution is 5.68. The van der Waals surface area contributed by atoms with Crippen molar-refractivity contribution in [2.24, 2.45) is 10.8 Å². The van der Waals surface area contributed by atoms with Gasteiger partial charge in [0.2, 0.25) is 0 Å². The van der Waals surface area contributed by atoms with E-state index in [0.29, 0.717) is 19.5 Å². The molecular formula is C21H36O5. The van der Waals surface area contributed by atoms with Crippen LogP contribution >= 0.6 is 0 Å². The molecule has 0 spiro atoms. The fourth-order valence-electron chi connectivity index (χ4n) is 4.12. The zero-order valence-corrected chi connectivity index (χ0v) is 16.1. The van der Waals surface area contributed by atoms with Crippen LogP contribution in [0, 0.1) is 10.8 Å². The molecule has 1 atom stereocenters. The molecule has 26 heavy (non-hydrogen) atoms. The predicted molar refractivity (Wildman–Crippen MR) is 99.8 cm³/mol. The van der Waals surface area contributed by atoms with Crippen LogP contribution in [0.15, 0.2) is 0 Å². The molecule has 2 aliphatic carbocycles. The quantitative estimate of drug-likeness (QED) is 0.293. The number of carbonyl (C=O) groups is 2. The van der Waals surface area contributed by atoms with E-state index in [1.54, 1.807) is 0 Å². The van der Waals surface area contributed by atoms with E-state index in [-0.39, 0.29) is 16.9 Å². The Hall–Kier alpha value is -1.10. The van der Waals surface area contributed by atoms with E-state index in [4.69, 9.17) is 9.84 Å². The lowest BCUT2D eigenvalue weighted by Gasteiger charge is -2.14. The number of aliphatic hydroxyl groups excluding tert-OH is 1. The van der Waals surface area contributed by atoms with Crippen LogP contribution in [0.5, 0.6) is 0 Å². The number of hydrogen-bond acceptors (Lipinski definition) is 4. The van der Waals surface area contributed by atoms with Crippen molar-refractivity contribution in [3.8, 4) is 0 Å². The summed E-state index contributed by atoms with van der Waals surface area (Å²) in [6, 6.07) is 0. The average Bonchev–Trinajstić information content (AvgIpc) is 3.51. The van der Waals surface area contributed by atoms with Crippen LogP contribution in [0.4, 0.5) is 0 Å². The second-order valence-corrected chi connectivity index (χ2v) is 8.83. The highest BCUT2D eigenvalue weighted by atomic mass is 16.5. The molecule has 0 heterocycles. The number of carbonyl (C=O) groups excluding carboxylic acids is 1. The predicted octanol–water partition coefficient (Wildman–Crippen LogP) is 4.46. The van der Waals surface area contributed by atoms with Crippen molar-refractivity contribution in [2.75, 3.05) is 6.61 Å². The van der Waals surface area contributed by atoms with Crippen LogP contribution < -0.4 is 0 Å². The van der Waals surface area contributed by atoms with Gasteiger partial charge in [-0.05, 0) is 56.8 Å². The van der Waals surface area contributed by atoms with Gasteiger partial charge in [0.1, 0.15) is 0 Å². The first kappa shape index (κ1) is 21.2. The summed E-state index contributed by atoms with van der Waals surface area (Å²) in [5, 5.41) is 19.0. The van der Waals surface area contributed by atoms with Crippen LogP contribution in [0.1, 0.15) is 96.3 Å². The molecule has 0 bridgehead atoms. The van der Waals surface area contributed by atoms with E-state index in [2.05, 4.69) is 0 Å². The molecule has 5 nitrogen and oxygen atoms in total. The second-order valence-electron chi connectivity index (χ2n) is 8.83. The van der Waals surface area contributed by atoms with Gasteiger partial charge in [-0.25, -0.2) is 0 Å². The van der Waals surface area contributed by atoms with Gasteiger partial charge in [0.15, 0.2) is 0 Å². The number of aliphatic carboxylic acids is 1. The number of ether oxygens (including phenoxy) is 1. The number of carboxylic acid groups (broad SMARTS) is 1. The summed E-state index contributed by atoms with van der Waals surface area (Å²) in [7, 11) is 0. The number of hydrogen-bond donors (Lipinski definition) is 2. The van der Waals surface area contributed by atoms with E-state index in [1.165, 1.54) is 12.8 Å². The van der Waals surface area contributed by atoms with Crippen molar-refractivity contribution in [3.05, 3.63) is 0 Å². The molecule has 150 valence electrons. The molecule has 0 saturated heterocycles. The van der Waals surface area contributed by atoms with Gasteiger partial charge in [-0.3, -0.25) is 9.59 Å². The van der Waals surface area contributed by atoms with Gasteiger partial charge < -0.3 is 14.9 Å². The smallest absolute Gasteiger partial charge is 0.303 e. The van der Waals surface area contributed by atoms with Gasteiger partial charge in [-0.15, -0.1) is 0 Å². The highest BCUT2D eigenvalue weighted by Crippen LogP contribution is 2.53. The molecule has 0 radical (unpaired) electrons. The Kier molecular flexibility index (Phi) is 8.39. The van der Waals surface area contributed by atoms with E-state index < -0.39 is 5.97 Å². The van der Waals surface area contributed by atoms with Gasteiger partial charge in [0.05, 0.1) is 19.1 Å². The molecule has 0 amide bonds. The third-order valence-electron chi connectivity index (χ3n) is 6.39. The van der Waals surface area contributed by atoms with E-state index in [0.717, 1.165) is 77.0 Å². The average molecular weight is 369 g/mol. The largest absolute Gasteiger partial charge is 0.481 e. The van der Waals surface area contributed by atoms with Crippen LogP contribution in [0.2, 0.25) is 0 Å². The lowest BCUT2D eigenvalue weighted by atomic mass is 9.94. The topological polar surface area (TPSA) is 83.8 Å². The van der Waals surface area contributed by atoms with Crippen LogP contribution in [-0.2, 0) is 14.3 Å². The standard InChI is InChI=1S/C21H36O5/c22-17-26-16-21(13-14-21)10-6-2-4-8-18(23)7-3-1-5-9-20(11-12-20)15-19(24)25/h17-18,23H,1-16H2,(H,24,25). The Morgan fingerprint density at radius 1 is 0.923 bits per heavy atom. The van der Waals surface area contributed by atoms with E-state index in [1.807, 2.05) is 0 Å². The molecule has 2 rings (SSSR count). The fourth-order valence-corrected chi connectivity index (χ4v) is 4.12. The maximum Gasteiger partial charge on any atom is 0.303 e. The SMILES string of the molecule is O=COCC1(CCCCCC(O)CCCCCC2(CC(=O)O)CC2)CC1. The summed E-state index contributed by atoms with van der Waals surface area (Å²) in [4.78, 5) is 21.1. The monoisotopic (exact) mass is 368 g/mol. The Morgan fingerprint density at radius 3 is 1.92 bits per heavy atom. The molecule has 0 aromatic carbocycles. The van der Waals surface area contributed by atoms with Gasteiger partial charge >= 0.3 is 5.97 Å². The first-order chi connectivity index (χ1) is 12.5. The summed E-state index contributed by atoms with van der Waals surface area (Å²) in [6.07, 6.45) is 15.1. The Morgan fingerprint density at radius 2 is 1.46 bits per heavy atom. The molecule has 0 aliphatic heterocycles. The highest BCUT2D eigenvalue weighted by Gasteiger charge is 2.43. The van der Waals surface area contributed by atoms with Crippen molar-refractivity contribution in [1.82, 2.24) is 0 Å². The van der Waals surface area contributed by atoms with Gasteiger partial charge in [0.25, 0.3) is 6.47 Å². The van der Waals surface area contributed by atoms with Crippen molar-refractivity contribution >= 4 is 12.4 Å². The molecule has 1 unspecified atom stereocenters. The fraction of sp³-hybridized carbons (Fsp3) is 0.905. The number of carboxylic acids is 1. The third kappa shape index (κ3) is 8.07. The van der Waals surface area contributed by atoms with Gasteiger partial charge in [-0.2, -0.15) is 0 Å². The molecule has 2 saturated carbocycles. The van der Waals surface area contributed by atoms with Crippen molar-refractivity contribution in [1.29, 1.82) is 0 Å². The summed E-state index contributed by atoms with van der Waals surface area (Å²) >= 11 is 0. The van der Waals surface area contributed by atoms with Crippen molar-refractivity contribution in [3.63, 3.8) is 0 Å². The van der Waals surface area contributed by atoms with E-state index in [9.17, 15) is 14.7 Å². The lowest BCUT2D eigenvalue weighted by molar-refractivity contribution is -0.138. The van der Waals surface area contributed by atoms with E-state index >= 15 is 0 Å². The first-order valence-electron chi connectivity index (χ1n) is 10.4. The Labute approximate surface area is 157 Å². The zero-order chi connectivity index (χ0) is 18.9. The maximum atomic E-state index is 10.8. The molecule has 5 heteroatoms. The van der Waals surface area contributed by atoms with Crippen molar-refractivity contribution < 1.29 is 24.5 Å². The number of unbranched alkanes of at least 4 members (excludes halogenated alkanes) is 4. The van der Waals surface area contributed by atoms with Crippen LogP contribution in [0.25, 0.3) is 0 Å². The maximum absolute atomic E-state index is 10.8. The minimum atomic E-state index is -0.665. The molecule has 0 aromatic heterocycles. The molecule has 2 fully saturated rings. The summed E-state index contributed by atoms with van der Waals surface area (Å²) < 4.78 is 4.91. The second kappa shape index (κ2) is 10.3. The zero-order valence-electron chi connectivity index (χ0n) is 16.1. The molecule has 2 N–H and O–H groups in total. The summed E-state index contributed by atoms with van der Waals surface area (Å²) in [5.41, 5.74) is 0.388. The molecule has 2 aliphatic rings. The summed E-state index contributed by atoms with van der Waals surface area (Å²) in [6.45, 7) is 1.12. The molecule has 0 aromatic rings. The molecular weight excluding hydrogens is 332 g/mol. The lowest BCUT2D eigenvalue weighted by Crippen LogP contribution is -2.10. The normalized spacial score (nSPS) is 20.3. The van der Waals surface area contributed by atoms with Gasteiger partial charge in [-0.1, -0.05) is 38.5 Å².